The zero-order valence-corrected chi connectivity index (χ0v) is 18.7. The number of benzene rings is 1. The lowest BCUT2D eigenvalue weighted by molar-refractivity contribution is -0.0721. The van der Waals surface area contributed by atoms with Gasteiger partial charge in [0.15, 0.2) is 5.96 Å². The van der Waals surface area contributed by atoms with Crippen LogP contribution in [0.15, 0.2) is 23.2 Å². The van der Waals surface area contributed by atoms with E-state index in [0.717, 1.165) is 57.1 Å². The van der Waals surface area contributed by atoms with Crippen LogP contribution in [0.1, 0.15) is 43.2 Å². The summed E-state index contributed by atoms with van der Waals surface area (Å²) >= 11 is 0. The highest BCUT2D eigenvalue weighted by molar-refractivity contribution is 5.80. The zero-order valence-electron chi connectivity index (χ0n) is 18.7. The van der Waals surface area contributed by atoms with Crippen molar-refractivity contribution in [2.75, 3.05) is 47.4 Å². The van der Waals surface area contributed by atoms with E-state index >= 15 is 0 Å². The van der Waals surface area contributed by atoms with Crippen molar-refractivity contribution in [2.24, 2.45) is 4.99 Å². The van der Waals surface area contributed by atoms with E-state index in [0.29, 0.717) is 24.8 Å². The van der Waals surface area contributed by atoms with Crippen LogP contribution >= 0.6 is 0 Å². The van der Waals surface area contributed by atoms with Gasteiger partial charge in [0.25, 0.3) is 0 Å². The van der Waals surface area contributed by atoms with Crippen molar-refractivity contribution >= 4 is 5.96 Å². The molecule has 0 spiro atoms. The molecule has 6 nitrogen and oxygen atoms in total. The Morgan fingerprint density at radius 2 is 2.07 bits per heavy atom. The summed E-state index contributed by atoms with van der Waals surface area (Å²) < 4.78 is 25.9. The molecule has 0 aromatic heterocycles. The average molecular weight is 421 g/mol. The third-order valence-corrected chi connectivity index (χ3v) is 5.79. The van der Waals surface area contributed by atoms with Gasteiger partial charge >= 0.3 is 0 Å². The van der Waals surface area contributed by atoms with Gasteiger partial charge in [-0.15, -0.1) is 0 Å². The van der Waals surface area contributed by atoms with Gasteiger partial charge in [-0.25, -0.2) is 4.39 Å². The quantitative estimate of drug-likeness (QED) is 0.543. The minimum absolute atomic E-state index is 0.155. The predicted molar refractivity (Wildman–Crippen MR) is 118 cm³/mol. The molecular formula is C23H37FN4O2. The van der Waals surface area contributed by atoms with E-state index in [-0.39, 0.29) is 11.9 Å². The van der Waals surface area contributed by atoms with E-state index in [1.54, 1.807) is 6.07 Å². The smallest absolute Gasteiger partial charge is 0.193 e. The first-order chi connectivity index (χ1) is 14.5. The molecule has 2 aliphatic rings. The number of hydrogen-bond donors (Lipinski definition) is 1. The van der Waals surface area contributed by atoms with Gasteiger partial charge in [-0.1, -0.05) is 6.07 Å². The summed E-state index contributed by atoms with van der Waals surface area (Å²) in [7, 11) is 5.71. The molecule has 0 radical (unpaired) electrons. The Hall–Kier alpha value is -1.70. The number of nitrogens with one attached hydrogen (secondary N) is 1. The fourth-order valence-corrected chi connectivity index (χ4v) is 4.13. The molecule has 3 rings (SSSR count). The van der Waals surface area contributed by atoms with Crippen molar-refractivity contribution in [3.63, 3.8) is 0 Å². The topological polar surface area (TPSA) is 49.3 Å². The van der Waals surface area contributed by atoms with Crippen LogP contribution in [0.4, 0.5) is 4.39 Å². The van der Waals surface area contributed by atoms with Crippen LogP contribution in [-0.4, -0.2) is 75.4 Å². The Bertz CT molecular complexity index is 684. The van der Waals surface area contributed by atoms with Gasteiger partial charge < -0.3 is 24.6 Å². The number of piperidine rings is 1. The van der Waals surface area contributed by atoms with Crippen molar-refractivity contribution in [3.05, 3.63) is 35.1 Å². The van der Waals surface area contributed by atoms with Gasteiger partial charge in [-0.2, -0.15) is 0 Å². The maximum atomic E-state index is 14.0. The first-order valence-corrected chi connectivity index (χ1v) is 11.2. The molecule has 2 aliphatic heterocycles. The second-order valence-corrected chi connectivity index (χ2v) is 8.57. The third-order valence-electron chi connectivity index (χ3n) is 5.79. The van der Waals surface area contributed by atoms with Crippen LogP contribution < -0.4 is 5.32 Å². The van der Waals surface area contributed by atoms with Crippen molar-refractivity contribution in [1.82, 2.24) is 15.1 Å². The second kappa shape index (κ2) is 11.6. The lowest BCUT2D eigenvalue weighted by atomic mass is 10.1. The van der Waals surface area contributed by atoms with E-state index in [1.807, 2.05) is 38.2 Å². The van der Waals surface area contributed by atoms with E-state index in [2.05, 4.69) is 15.2 Å². The number of aliphatic imine (C=N–C) groups is 1. The number of likely N-dealkylation sites (tertiary alicyclic amines) is 1. The molecule has 0 aliphatic carbocycles. The number of hydrogen-bond acceptors (Lipinski definition) is 4. The Morgan fingerprint density at radius 1 is 1.27 bits per heavy atom. The molecular weight excluding hydrogens is 383 g/mol. The largest absolute Gasteiger partial charge is 0.376 e. The van der Waals surface area contributed by atoms with Crippen LogP contribution in [-0.2, 0) is 22.6 Å². The molecule has 0 saturated carbocycles. The molecule has 1 atom stereocenters. The molecule has 2 heterocycles. The van der Waals surface area contributed by atoms with Gasteiger partial charge in [-0.3, -0.25) is 4.99 Å². The second-order valence-electron chi connectivity index (χ2n) is 8.57. The molecule has 0 bridgehead atoms. The summed E-state index contributed by atoms with van der Waals surface area (Å²) in [5.41, 5.74) is 1.77. The Balaban J connectivity index is 1.43. The number of rotatable bonds is 7. The number of halogens is 1. The maximum absolute atomic E-state index is 14.0. The van der Waals surface area contributed by atoms with Crippen LogP contribution in [0.5, 0.6) is 0 Å². The number of nitrogens with zero attached hydrogens (tertiary/aromatic N) is 3. The number of guanidine groups is 1. The molecule has 7 heteroatoms. The highest BCUT2D eigenvalue weighted by Gasteiger charge is 2.23. The van der Waals surface area contributed by atoms with Crippen molar-refractivity contribution < 1.29 is 13.9 Å². The molecule has 1 aromatic carbocycles. The highest BCUT2D eigenvalue weighted by Crippen LogP contribution is 2.18. The Morgan fingerprint density at radius 3 is 2.73 bits per heavy atom. The zero-order chi connectivity index (χ0) is 21.3. The molecule has 2 fully saturated rings. The minimum atomic E-state index is -0.155. The standard InChI is InChI=1S/C23H37FN4O2/c1-25-23(26-15-18-7-8-22(24)19(14-18)16-27(2)3)28-11-9-20(10-12-28)30-17-21-6-4-5-13-29-21/h7-8,14,20-21H,4-6,9-13,15-17H2,1-3H3,(H,25,26). The van der Waals surface area contributed by atoms with Crippen LogP contribution in [0.25, 0.3) is 0 Å². The van der Waals surface area contributed by atoms with Crippen LogP contribution in [0.3, 0.4) is 0 Å². The van der Waals surface area contributed by atoms with Crippen molar-refractivity contribution in [1.29, 1.82) is 0 Å². The van der Waals surface area contributed by atoms with Gasteiger partial charge in [0.1, 0.15) is 5.82 Å². The first-order valence-electron chi connectivity index (χ1n) is 11.2. The van der Waals surface area contributed by atoms with Gasteiger partial charge in [-0.05, 0) is 63.9 Å². The highest BCUT2D eigenvalue weighted by atomic mass is 19.1. The molecule has 1 N–H and O–H groups in total. The summed E-state index contributed by atoms with van der Waals surface area (Å²) in [6, 6.07) is 5.32. The first kappa shape index (κ1) is 23.0. The lowest BCUT2D eigenvalue weighted by Gasteiger charge is -2.35. The van der Waals surface area contributed by atoms with Gasteiger partial charge in [0.2, 0.25) is 0 Å². The monoisotopic (exact) mass is 420 g/mol. The average Bonchev–Trinajstić information content (AvgIpc) is 2.76. The van der Waals surface area contributed by atoms with E-state index < -0.39 is 0 Å². The summed E-state index contributed by atoms with van der Waals surface area (Å²) in [5, 5.41) is 3.43. The lowest BCUT2D eigenvalue weighted by Crippen LogP contribution is -2.47. The molecule has 2 saturated heterocycles. The van der Waals surface area contributed by atoms with Crippen molar-refractivity contribution in [2.45, 2.75) is 57.4 Å². The van der Waals surface area contributed by atoms with E-state index in [1.165, 1.54) is 12.8 Å². The summed E-state index contributed by atoms with van der Waals surface area (Å²) in [6.07, 6.45) is 6.12. The third kappa shape index (κ3) is 6.93. The van der Waals surface area contributed by atoms with Crippen molar-refractivity contribution in [3.8, 4) is 0 Å². The van der Waals surface area contributed by atoms with Gasteiger partial charge in [0, 0.05) is 45.4 Å². The summed E-state index contributed by atoms with van der Waals surface area (Å²) in [4.78, 5) is 8.70. The number of ether oxygens (including phenoxy) is 2. The fraction of sp³-hybridized carbons (Fsp3) is 0.696. The molecule has 168 valence electrons. The summed E-state index contributed by atoms with van der Waals surface area (Å²) in [5.74, 6) is 0.736. The Kier molecular flexibility index (Phi) is 8.90. The molecule has 1 unspecified atom stereocenters. The predicted octanol–water partition coefficient (Wildman–Crippen LogP) is 3.01. The summed E-state index contributed by atoms with van der Waals surface area (Å²) in [6.45, 7) is 4.66. The van der Waals surface area contributed by atoms with Gasteiger partial charge in [0.05, 0.1) is 18.8 Å². The molecule has 30 heavy (non-hydrogen) atoms. The Labute approximate surface area is 180 Å². The maximum Gasteiger partial charge on any atom is 0.193 e. The SMILES string of the molecule is CN=C(NCc1ccc(F)c(CN(C)C)c1)N1CCC(OCC2CCCCO2)CC1. The minimum Gasteiger partial charge on any atom is -0.376 e. The van der Waals surface area contributed by atoms with Crippen LogP contribution in [0, 0.1) is 5.82 Å². The molecule has 1 aromatic rings. The normalized spacial score (nSPS) is 21.3. The molecule has 0 amide bonds. The van der Waals surface area contributed by atoms with Crippen LogP contribution in [0.2, 0.25) is 0 Å². The van der Waals surface area contributed by atoms with E-state index in [4.69, 9.17) is 9.47 Å². The fourth-order valence-electron chi connectivity index (χ4n) is 4.13. The van der Waals surface area contributed by atoms with E-state index in [9.17, 15) is 4.39 Å².